The number of carbonyl (C=O) groups excluding carboxylic acids is 1. The van der Waals surface area contributed by atoms with Gasteiger partial charge in [-0.05, 0) is 38.8 Å². The molecule has 1 amide bonds. The van der Waals surface area contributed by atoms with Crippen LogP contribution in [-0.4, -0.2) is 47.8 Å². The number of hydrogen-bond donors (Lipinski definition) is 2. The van der Waals surface area contributed by atoms with Crippen LogP contribution >= 0.6 is 0 Å². The van der Waals surface area contributed by atoms with Crippen molar-refractivity contribution in [1.82, 2.24) is 10.2 Å². The summed E-state index contributed by atoms with van der Waals surface area (Å²) in [5.74, 6) is 1.51. The summed E-state index contributed by atoms with van der Waals surface area (Å²) in [4.78, 5) is 14.6. The lowest BCUT2D eigenvalue weighted by molar-refractivity contribution is -0.139. The molecule has 1 saturated heterocycles. The van der Waals surface area contributed by atoms with Crippen molar-refractivity contribution >= 4 is 16.9 Å². The van der Waals surface area contributed by atoms with Gasteiger partial charge in [0.1, 0.15) is 5.76 Å². The van der Waals surface area contributed by atoms with Crippen LogP contribution in [0.2, 0.25) is 0 Å². The van der Waals surface area contributed by atoms with Gasteiger partial charge in [-0.2, -0.15) is 0 Å². The average molecular weight is 346 g/mol. The van der Waals surface area contributed by atoms with Crippen molar-refractivity contribution in [3.63, 3.8) is 0 Å². The van der Waals surface area contributed by atoms with Crippen molar-refractivity contribution in [1.29, 1.82) is 0 Å². The lowest BCUT2D eigenvalue weighted by Crippen LogP contribution is -2.55. The zero-order valence-corrected chi connectivity index (χ0v) is 15.0. The molecule has 6 nitrogen and oxygen atoms in total. The minimum absolute atomic E-state index is 0.0492. The van der Waals surface area contributed by atoms with Gasteiger partial charge in [0.2, 0.25) is 5.91 Å². The highest BCUT2D eigenvalue weighted by molar-refractivity contribution is 5.86. The highest BCUT2D eigenvalue weighted by Crippen LogP contribution is 2.28. The first kappa shape index (κ1) is 17.8. The van der Waals surface area contributed by atoms with E-state index in [1.54, 1.807) is 7.11 Å². The van der Waals surface area contributed by atoms with Gasteiger partial charge in [0.15, 0.2) is 11.3 Å². The lowest BCUT2D eigenvalue weighted by atomic mass is 10.00. The van der Waals surface area contributed by atoms with Gasteiger partial charge in [0.25, 0.3) is 0 Å². The maximum absolute atomic E-state index is 12.8. The molecule has 0 saturated carbocycles. The highest BCUT2D eigenvalue weighted by atomic mass is 16.5. The van der Waals surface area contributed by atoms with Crippen molar-refractivity contribution in [3.8, 4) is 5.75 Å². The quantitative estimate of drug-likeness (QED) is 0.869. The largest absolute Gasteiger partial charge is 0.493 e. The van der Waals surface area contributed by atoms with Crippen molar-refractivity contribution in [2.75, 3.05) is 20.2 Å². The molecule has 1 aromatic heterocycles. The Morgan fingerprint density at radius 1 is 1.40 bits per heavy atom. The number of piperidine rings is 1. The number of benzene rings is 1. The first-order chi connectivity index (χ1) is 11.9. The van der Waals surface area contributed by atoms with Crippen LogP contribution in [0.4, 0.5) is 0 Å². The van der Waals surface area contributed by atoms with E-state index in [1.807, 2.05) is 43.0 Å². The molecular weight excluding hydrogens is 320 g/mol. The van der Waals surface area contributed by atoms with Crippen LogP contribution in [0.3, 0.4) is 0 Å². The molecule has 0 atom stereocenters. The summed E-state index contributed by atoms with van der Waals surface area (Å²) >= 11 is 0. The second kappa shape index (κ2) is 7.06. The molecule has 1 aromatic carbocycles. The Kier molecular flexibility index (Phi) is 5.01. The topological polar surface area (TPSA) is 74.9 Å². The minimum atomic E-state index is -0.703. The summed E-state index contributed by atoms with van der Waals surface area (Å²) in [6.45, 7) is 5.42. The minimum Gasteiger partial charge on any atom is -0.493 e. The van der Waals surface area contributed by atoms with Crippen LogP contribution in [-0.2, 0) is 11.3 Å². The Bertz CT molecular complexity index is 745. The summed E-state index contributed by atoms with van der Waals surface area (Å²) < 4.78 is 11.2. The van der Waals surface area contributed by atoms with Gasteiger partial charge in [-0.15, -0.1) is 0 Å². The van der Waals surface area contributed by atoms with Crippen LogP contribution in [0.25, 0.3) is 11.0 Å². The Morgan fingerprint density at radius 3 is 2.80 bits per heavy atom. The van der Waals surface area contributed by atoms with E-state index in [2.05, 4.69) is 5.32 Å². The van der Waals surface area contributed by atoms with Gasteiger partial charge in [-0.1, -0.05) is 12.1 Å². The third-order valence-electron chi connectivity index (χ3n) is 4.77. The van der Waals surface area contributed by atoms with Crippen molar-refractivity contribution in [2.24, 2.45) is 0 Å². The average Bonchev–Trinajstić information content (AvgIpc) is 3.03. The van der Waals surface area contributed by atoms with Gasteiger partial charge < -0.3 is 19.2 Å². The number of rotatable bonds is 5. The molecule has 2 N–H and O–H groups in total. The molecule has 0 bridgehead atoms. The zero-order valence-electron chi connectivity index (χ0n) is 15.0. The Morgan fingerprint density at radius 2 is 2.12 bits per heavy atom. The smallest absolute Gasteiger partial charge is 0.242 e. The second-order valence-corrected chi connectivity index (χ2v) is 7.09. The Hall–Kier alpha value is -2.05. The number of carbonyl (C=O) groups is 1. The van der Waals surface area contributed by atoms with Crippen LogP contribution in [0, 0.1) is 0 Å². The van der Waals surface area contributed by atoms with E-state index in [0.29, 0.717) is 38.2 Å². The molecule has 25 heavy (non-hydrogen) atoms. The fourth-order valence-corrected chi connectivity index (χ4v) is 3.19. The number of para-hydroxylation sites is 1. The maximum Gasteiger partial charge on any atom is 0.242 e. The molecule has 2 heterocycles. The van der Waals surface area contributed by atoms with Gasteiger partial charge >= 0.3 is 0 Å². The normalized spacial score (nSPS) is 16.4. The number of furan rings is 1. The first-order valence-corrected chi connectivity index (χ1v) is 8.68. The molecule has 0 spiro atoms. The van der Waals surface area contributed by atoms with Crippen molar-refractivity contribution < 1.29 is 19.1 Å². The van der Waals surface area contributed by atoms with E-state index in [1.165, 1.54) is 0 Å². The van der Waals surface area contributed by atoms with Gasteiger partial charge in [-0.25, -0.2) is 0 Å². The third-order valence-corrected chi connectivity index (χ3v) is 4.77. The molecule has 1 fully saturated rings. The number of amides is 1. The van der Waals surface area contributed by atoms with Crippen LogP contribution in [0.15, 0.2) is 28.7 Å². The summed E-state index contributed by atoms with van der Waals surface area (Å²) in [6, 6.07) is 7.72. The number of methoxy groups -OCH3 is 1. The Balaban J connectivity index is 1.66. The van der Waals surface area contributed by atoms with E-state index < -0.39 is 5.54 Å². The second-order valence-electron chi connectivity index (χ2n) is 7.09. The van der Waals surface area contributed by atoms with Crippen molar-refractivity contribution in [3.05, 3.63) is 30.0 Å². The van der Waals surface area contributed by atoms with E-state index in [9.17, 15) is 9.90 Å². The molecule has 136 valence electrons. The molecule has 0 radical (unpaired) electrons. The third kappa shape index (κ3) is 3.80. The molecular formula is C19H26N2O4. The number of fused-ring (bicyclic) bond motifs is 1. The number of aliphatic hydroxyl groups excluding tert-OH is 1. The van der Waals surface area contributed by atoms with Gasteiger partial charge in [-0.3, -0.25) is 10.1 Å². The molecule has 2 aromatic rings. The summed E-state index contributed by atoms with van der Waals surface area (Å²) in [7, 11) is 1.62. The maximum atomic E-state index is 12.8. The Labute approximate surface area is 147 Å². The van der Waals surface area contributed by atoms with E-state index in [-0.39, 0.29) is 12.0 Å². The highest BCUT2D eigenvalue weighted by Gasteiger charge is 2.33. The summed E-state index contributed by atoms with van der Waals surface area (Å²) in [5.41, 5.74) is 0.0155. The van der Waals surface area contributed by atoms with Gasteiger partial charge in [0.05, 0.1) is 25.3 Å². The van der Waals surface area contributed by atoms with Gasteiger partial charge in [0, 0.05) is 18.5 Å². The van der Waals surface area contributed by atoms with E-state index in [0.717, 1.165) is 16.7 Å². The number of nitrogens with one attached hydrogen (secondary N) is 1. The molecule has 3 rings (SSSR count). The monoisotopic (exact) mass is 346 g/mol. The standard InChI is InChI=1S/C19H26N2O4/c1-19(2,18(23)21-9-7-14(22)8-10-21)20-12-15-11-13-5-4-6-16(24-3)17(13)25-15/h4-6,11,14,20,22H,7-10,12H2,1-3H3. The van der Waals surface area contributed by atoms with Crippen LogP contribution < -0.4 is 10.1 Å². The molecule has 1 aliphatic heterocycles. The fourth-order valence-electron chi connectivity index (χ4n) is 3.19. The number of hydrogen-bond acceptors (Lipinski definition) is 5. The molecule has 0 unspecified atom stereocenters. The predicted octanol–water partition coefficient (Wildman–Crippen LogP) is 2.29. The SMILES string of the molecule is COc1cccc2cc(CNC(C)(C)C(=O)N3CCC(O)CC3)oc12. The number of likely N-dealkylation sites (tertiary alicyclic amines) is 1. The lowest BCUT2D eigenvalue weighted by Gasteiger charge is -2.36. The number of nitrogens with zero attached hydrogens (tertiary/aromatic N) is 1. The van der Waals surface area contributed by atoms with Crippen LogP contribution in [0.5, 0.6) is 5.75 Å². The van der Waals surface area contributed by atoms with E-state index >= 15 is 0 Å². The number of ether oxygens (including phenoxy) is 1. The number of aliphatic hydroxyl groups is 1. The fraction of sp³-hybridized carbons (Fsp3) is 0.526. The van der Waals surface area contributed by atoms with E-state index in [4.69, 9.17) is 9.15 Å². The predicted molar refractivity (Wildman–Crippen MR) is 95.5 cm³/mol. The molecule has 0 aliphatic carbocycles. The zero-order chi connectivity index (χ0) is 18.0. The summed E-state index contributed by atoms with van der Waals surface area (Å²) in [5, 5.41) is 13.9. The first-order valence-electron chi connectivity index (χ1n) is 8.68. The van der Waals surface area contributed by atoms with Crippen molar-refractivity contribution in [2.45, 2.75) is 44.9 Å². The van der Waals surface area contributed by atoms with Crippen LogP contribution in [0.1, 0.15) is 32.4 Å². The summed E-state index contributed by atoms with van der Waals surface area (Å²) in [6.07, 6.45) is 1.00. The molecule has 6 heteroatoms. The molecule has 1 aliphatic rings.